The lowest BCUT2D eigenvalue weighted by atomic mass is 10.1. The highest BCUT2D eigenvalue weighted by Crippen LogP contribution is 2.15. The fourth-order valence-corrected chi connectivity index (χ4v) is 1.57. The van der Waals surface area contributed by atoms with Gasteiger partial charge >= 0.3 is 0 Å². The molecule has 0 amide bonds. The Morgan fingerprint density at radius 3 is 2.58 bits per heavy atom. The molecule has 0 saturated heterocycles. The summed E-state index contributed by atoms with van der Waals surface area (Å²) in [7, 11) is 0. The molecule has 0 bridgehead atoms. The maximum Gasteiger partial charge on any atom is 0.0895 e. The Kier molecular flexibility index (Phi) is 6.46. The van der Waals surface area contributed by atoms with Gasteiger partial charge in [0.25, 0.3) is 0 Å². The van der Waals surface area contributed by atoms with Gasteiger partial charge in [-0.1, -0.05) is 26.8 Å². The summed E-state index contributed by atoms with van der Waals surface area (Å²) < 4.78 is 5.88. The first kappa shape index (κ1) is 16.1. The molecule has 108 valence electrons. The highest BCUT2D eigenvalue weighted by Gasteiger charge is 2.15. The minimum atomic E-state index is -0.0758. The quantitative estimate of drug-likeness (QED) is 0.780. The molecule has 0 radical (unpaired) electrons. The average molecular weight is 264 g/mol. The van der Waals surface area contributed by atoms with Crippen LogP contribution in [0.5, 0.6) is 0 Å². The van der Waals surface area contributed by atoms with Gasteiger partial charge in [-0.2, -0.15) is 0 Å². The SMILES string of the molecule is CCC(C)(C)OCc1cccc(CNCC(C)C)n1. The fourth-order valence-electron chi connectivity index (χ4n) is 1.57. The number of pyridine rings is 1. The minimum absolute atomic E-state index is 0.0758. The molecule has 0 atom stereocenters. The minimum Gasteiger partial charge on any atom is -0.369 e. The number of aromatic nitrogens is 1. The molecule has 1 heterocycles. The molecule has 0 aromatic carbocycles. The smallest absolute Gasteiger partial charge is 0.0895 e. The third-order valence-electron chi connectivity index (χ3n) is 3.19. The zero-order valence-electron chi connectivity index (χ0n) is 13.0. The van der Waals surface area contributed by atoms with Crippen LogP contribution in [-0.4, -0.2) is 17.1 Å². The molecule has 0 aliphatic rings. The van der Waals surface area contributed by atoms with Gasteiger partial charge in [0.2, 0.25) is 0 Å². The van der Waals surface area contributed by atoms with Gasteiger partial charge in [-0.3, -0.25) is 4.98 Å². The fraction of sp³-hybridized carbons (Fsp3) is 0.688. The molecule has 19 heavy (non-hydrogen) atoms. The normalized spacial score (nSPS) is 12.1. The van der Waals surface area contributed by atoms with Gasteiger partial charge < -0.3 is 10.1 Å². The molecule has 1 aromatic heterocycles. The molecule has 0 aliphatic carbocycles. The largest absolute Gasteiger partial charge is 0.369 e. The second kappa shape index (κ2) is 7.61. The second-order valence-corrected chi connectivity index (χ2v) is 6.05. The summed E-state index contributed by atoms with van der Waals surface area (Å²) >= 11 is 0. The van der Waals surface area contributed by atoms with Crippen LogP contribution in [0.25, 0.3) is 0 Å². The van der Waals surface area contributed by atoms with Crippen LogP contribution in [-0.2, 0) is 17.9 Å². The predicted octanol–water partition coefficient (Wildman–Crippen LogP) is 3.53. The number of ether oxygens (including phenoxy) is 1. The lowest BCUT2D eigenvalue weighted by molar-refractivity contribution is -0.0330. The van der Waals surface area contributed by atoms with Gasteiger partial charge in [-0.15, -0.1) is 0 Å². The van der Waals surface area contributed by atoms with E-state index in [2.05, 4.69) is 57.1 Å². The summed E-state index contributed by atoms with van der Waals surface area (Å²) in [5, 5.41) is 3.41. The molecule has 1 rings (SSSR count). The van der Waals surface area contributed by atoms with Crippen molar-refractivity contribution in [2.45, 2.75) is 59.8 Å². The molecule has 3 heteroatoms. The monoisotopic (exact) mass is 264 g/mol. The van der Waals surface area contributed by atoms with E-state index in [4.69, 9.17) is 4.74 Å². The van der Waals surface area contributed by atoms with E-state index >= 15 is 0 Å². The van der Waals surface area contributed by atoms with Crippen LogP contribution in [0.2, 0.25) is 0 Å². The molecule has 0 spiro atoms. The third kappa shape index (κ3) is 6.69. The van der Waals surface area contributed by atoms with Crippen molar-refractivity contribution in [2.24, 2.45) is 5.92 Å². The molecule has 1 N–H and O–H groups in total. The van der Waals surface area contributed by atoms with Gasteiger partial charge in [-0.05, 0) is 44.9 Å². The zero-order valence-corrected chi connectivity index (χ0v) is 13.0. The van der Waals surface area contributed by atoms with Gasteiger partial charge in [0, 0.05) is 6.54 Å². The molecule has 0 unspecified atom stereocenters. The van der Waals surface area contributed by atoms with Gasteiger partial charge in [-0.25, -0.2) is 0 Å². The van der Waals surface area contributed by atoms with Crippen molar-refractivity contribution >= 4 is 0 Å². The Bertz CT molecular complexity index is 375. The van der Waals surface area contributed by atoms with E-state index in [1.807, 2.05) is 6.07 Å². The molecule has 1 aromatic rings. The second-order valence-electron chi connectivity index (χ2n) is 6.05. The number of hydrogen-bond donors (Lipinski definition) is 1. The van der Waals surface area contributed by atoms with E-state index in [0.29, 0.717) is 12.5 Å². The van der Waals surface area contributed by atoms with Crippen LogP contribution in [0.3, 0.4) is 0 Å². The first-order chi connectivity index (χ1) is 8.93. The van der Waals surface area contributed by atoms with Crippen molar-refractivity contribution in [3.8, 4) is 0 Å². The average Bonchev–Trinajstić information content (AvgIpc) is 2.37. The van der Waals surface area contributed by atoms with Gasteiger partial charge in [0.15, 0.2) is 0 Å². The van der Waals surface area contributed by atoms with Crippen LogP contribution in [0.15, 0.2) is 18.2 Å². The first-order valence-corrected chi connectivity index (χ1v) is 7.22. The molecule has 0 saturated carbocycles. The van der Waals surface area contributed by atoms with E-state index in [0.717, 1.165) is 30.9 Å². The maximum absolute atomic E-state index is 5.88. The molecular weight excluding hydrogens is 236 g/mol. The predicted molar refractivity (Wildman–Crippen MR) is 79.9 cm³/mol. The summed E-state index contributed by atoms with van der Waals surface area (Å²) in [6.07, 6.45) is 1.00. The van der Waals surface area contributed by atoms with Crippen molar-refractivity contribution in [3.63, 3.8) is 0 Å². The number of rotatable bonds is 8. The van der Waals surface area contributed by atoms with Crippen molar-refractivity contribution in [3.05, 3.63) is 29.6 Å². The van der Waals surface area contributed by atoms with E-state index in [-0.39, 0.29) is 5.60 Å². The third-order valence-corrected chi connectivity index (χ3v) is 3.19. The van der Waals surface area contributed by atoms with Crippen LogP contribution in [0, 0.1) is 5.92 Å². The Morgan fingerprint density at radius 2 is 1.95 bits per heavy atom. The Hall–Kier alpha value is -0.930. The van der Waals surface area contributed by atoms with Crippen LogP contribution in [0.1, 0.15) is 52.4 Å². The maximum atomic E-state index is 5.88. The van der Waals surface area contributed by atoms with E-state index < -0.39 is 0 Å². The standard InChI is InChI=1S/C16H28N2O/c1-6-16(4,5)19-12-15-9-7-8-14(18-15)11-17-10-13(2)3/h7-9,13,17H,6,10-12H2,1-5H3. The summed E-state index contributed by atoms with van der Waals surface area (Å²) in [6.45, 7) is 13.2. The van der Waals surface area contributed by atoms with E-state index in [1.165, 1.54) is 0 Å². The molecule has 0 fully saturated rings. The topological polar surface area (TPSA) is 34.1 Å². The Balaban J connectivity index is 2.48. The lowest BCUT2D eigenvalue weighted by Gasteiger charge is -2.23. The first-order valence-electron chi connectivity index (χ1n) is 7.22. The van der Waals surface area contributed by atoms with Crippen LogP contribution < -0.4 is 5.32 Å². The van der Waals surface area contributed by atoms with Crippen molar-refractivity contribution in [1.29, 1.82) is 0 Å². The van der Waals surface area contributed by atoms with Crippen LogP contribution >= 0.6 is 0 Å². The lowest BCUT2D eigenvalue weighted by Crippen LogP contribution is -2.23. The van der Waals surface area contributed by atoms with Gasteiger partial charge in [0.05, 0.1) is 23.6 Å². The molecular formula is C16H28N2O. The van der Waals surface area contributed by atoms with Gasteiger partial charge in [0.1, 0.15) is 0 Å². The Morgan fingerprint density at radius 1 is 1.26 bits per heavy atom. The number of nitrogens with zero attached hydrogens (tertiary/aromatic N) is 1. The highest BCUT2D eigenvalue weighted by molar-refractivity contribution is 5.10. The summed E-state index contributed by atoms with van der Waals surface area (Å²) in [5.41, 5.74) is 2.01. The summed E-state index contributed by atoms with van der Waals surface area (Å²) in [4.78, 5) is 4.62. The summed E-state index contributed by atoms with van der Waals surface area (Å²) in [5.74, 6) is 0.664. The zero-order chi connectivity index (χ0) is 14.3. The number of hydrogen-bond acceptors (Lipinski definition) is 3. The van der Waals surface area contributed by atoms with E-state index in [1.54, 1.807) is 0 Å². The number of nitrogens with one attached hydrogen (secondary N) is 1. The van der Waals surface area contributed by atoms with Crippen molar-refractivity contribution in [1.82, 2.24) is 10.3 Å². The van der Waals surface area contributed by atoms with Crippen molar-refractivity contribution < 1.29 is 4.74 Å². The molecule has 3 nitrogen and oxygen atoms in total. The van der Waals surface area contributed by atoms with Crippen molar-refractivity contribution in [2.75, 3.05) is 6.54 Å². The molecule has 0 aliphatic heterocycles. The van der Waals surface area contributed by atoms with E-state index in [9.17, 15) is 0 Å². The van der Waals surface area contributed by atoms with Crippen LogP contribution in [0.4, 0.5) is 0 Å². The summed E-state index contributed by atoms with van der Waals surface area (Å²) in [6, 6.07) is 6.14. The highest BCUT2D eigenvalue weighted by atomic mass is 16.5. The Labute approximate surface area is 117 Å².